The third-order valence-electron chi connectivity index (χ3n) is 6.78. The molecule has 6 nitrogen and oxygen atoms in total. The Morgan fingerprint density at radius 3 is 2.62 bits per heavy atom. The quantitative estimate of drug-likeness (QED) is 0.710. The molecule has 0 spiro atoms. The molecule has 4 rings (SSSR count). The van der Waals surface area contributed by atoms with Crippen molar-refractivity contribution < 1.29 is 14.3 Å². The Kier molecular flexibility index (Phi) is 5.64. The summed E-state index contributed by atoms with van der Waals surface area (Å²) in [4.78, 5) is 19.4. The highest BCUT2D eigenvalue weighted by Gasteiger charge is 2.45. The molecule has 1 saturated heterocycles. The van der Waals surface area contributed by atoms with Crippen molar-refractivity contribution >= 4 is 17.2 Å². The predicted octanol–water partition coefficient (Wildman–Crippen LogP) is 4.39. The highest BCUT2D eigenvalue weighted by Crippen LogP contribution is 2.50. The van der Waals surface area contributed by atoms with E-state index in [4.69, 9.17) is 9.47 Å². The number of rotatable bonds is 7. The van der Waals surface area contributed by atoms with Crippen LogP contribution < -0.4 is 10.1 Å². The molecule has 2 saturated carbocycles. The Balaban J connectivity index is 1.29. The molecule has 3 aliphatic rings. The summed E-state index contributed by atoms with van der Waals surface area (Å²) in [5, 5.41) is 3.49. The summed E-state index contributed by atoms with van der Waals surface area (Å²) in [6.07, 6.45) is 7.64. The number of amides is 1. The van der Waals surface area contributed by atoms with Crippen LogP contribution in [0.2, 0.25) is 0 Å². The second-order valence-electron chi connectivity index (χ2n) is 9.34. The van der Waals surface area contributed by atoms with Gasteiger partial charge in [-0.05, 0) is 77.6 Å². The lowest BCUT2D eigenvalue weighted by atomic mass is 9.94. The van der Waals surface area contributed by atoms with Crippen molar-refractivity contribution in [2.24, 2.45) is 17.8 Å². The van der Waals surface area contributed by atoms with Crippen LogP contribution in [0, 0.1) is 17.8 Å². The normalized spacial score (nSPS) is 30.4. The summed E-state index contributed by atoms with van der Waals surface area (Å²) in [5.74, 6) is 2.54. The van der Waals surface area contributed by atoms with Gasteiger partial charge in [0.25, 0.3) is 11.1 Å². The van der Waals surface area contributed by atoms with Gasteiger partial charge in [0, 0.05) is 12.6 Å². The van der Waals surface area contributed by atoms with Crippen LogP contribution in [0.25, 0.3) is 0 Å². The van der Waals surface area contributed by atoms with Gasteiger partial charge >= 0.3 is 0 Å². The minimum absolute atomic E-state index is 0.0713. The van der Waals surface area contributed by atoms with Crippen LogP contribution in [-0.4, -0.2) is 40.4 Å². The summed E-state index contributed by atoms with van der Waals surface area (Å²) in [5.41, 5.74) is 0.282. The van der Waals surface area contributed by atoms with E-state index in [1.54, 1.807) is 6.20 Å². The van der Waals surface area contributed by atoms with Gasteiger partial charge in [0.2, 0.25) is 6.29 Å². The number of aromatic nitrogens is 1. The molecule has 0 radical (unpaired) electrons. The summed E-state index contributed by atoms with van der Waals surface area (Å²) in [6.45, 7) is 13.1. The van der Waals surface area contributed by atoms with Gasteiger partial charge in [-0.1, -0.05) is 17.9 Å². The van der Waals surface area contributed by atoms with Gasteiger partial charge in [-0.2, -0.15) is 0 Å². The number of carbonyl (C=O) groups is 1. The fourth-order valence-corrected chi connectivity index (χ4v) is 6.40. The van der Waals surface area contributed by atoms with E-state index in [2.05, 4.69) is 35.6 Å². The zero-order valence-electron chi connectivity index (χ0n) is 17.9. The van der Waals surface area contributed by atoms with Crippen LogP contribution in [0.4, 0.5) is 0 Å². The zero-order chi connectivity index (χ0) is 20.8. The second-order valence-corrected chi connectivity index (χ2v) is 10.3. The number of nitrogens with one attached hydrogen (secondary N) is 1. The maximum atomic E-state index is 12.5. The Bertz CT molecular complexity index is 755. The van der Waals surface area contributed by atoms with Crippen molar-refractivity contribution in [3.05, 3.63) is 23.3 Å². The van der Waals surface area contributed by atoms with E-state index in [9.17, 15) is 4.79 Å². The first-order valence-corrected chi connectivity index (χ1v) is 11.6. The average Bonchev–Trinajstić information content (AvgIpc) is 3.40. The number of nitrogens with zero attached hydrogens (tertiary/aromatic N) is 2. The van der Waals surface area contributed by atoms with Crippen molar-refractivity contribution in [3.8, 4) is 5.19 Å². The Labute approximate surface area is 177 Å². The molecule has 7 heteroatoms. The molecule has 3 fully saturated rings. The van der Waals surface area contributed by atoms with E-state index in [-0.39, 0.29) is 11.9 Å². The minimum Gasteiger partial charge on any atom is -0.434 e. The molecule has 2 heterocycles. The molecule has 29 heavy (non-hydrogen) atoms. The molecule has 1 atom stereocenters. The molecule has 160 valence electrons. The summed E-state index contributed by atoms with van der Waals surface area (Å²) in [7, 11) is 0. The Hall–Kier alpha value is -1.60. The highest BCUT2D eigenvalue weighted by atomic mass is 32.1. The first kappa shape index (κ1) is 20.7. The number of hydrogen-bond acceptors (Lipinski definition) is 6. The standard InChI is InChI=1S/C22H33N3O3S/c1-13(2)25-14(3)20(28-22(25,4)5)27-21-24-12-18(29-21)19(26)23-11-10-17-15-6-7-16(17)9-8-15/h12-13,15-17,20H,3,6-11H2,1-2,4-5H3,(H,23,26). The lowest BCUT2D eigenvalue weighted by molar-refractivity contribution is -0.134. The van der Waals surface area contributed by atoms with E-state index in [0.717, 1.165) is 36.4 Å². The third kappa shape index (κ3) is 4.04. The maximum Gasteiger partial charge on any atom is 0.276 e. The number of ether oxygens (including phenoxy) is 2. The van der Waals surface area contributed by atoms with E-state index in [1.165, 1.54) is 37.0 Å². The van der Waals surface area contributed by atoms with Crippen LogP contribution in [-0.2, 0) is 4.74 Å². The zero-order valence-corrected chi connectivity index (χ0v) is 18.8. The molecule has 1 amide bonds. The predicted molar refractivity (Wildman–Crippen MR) is 114 cm³/mol. The molecule has 1 N–H and O–H groups in total. The number of thiazole rings is 1. The number of carbonyl (C=O) groups excluding carboxylic acids is 1. The smallest absolute Gasteiger partial charge is 0.276 e. The SMILES string of the molecule is C=C1C(Oc2ncc(C(=O)NCCC3C4CCC3CC4)s2)OC(C)(C)N1C(C)C. The molecular formula is C22H33N3O3S. The van der Waals surface area contributed by atoms with Gasteiger partial charge in [-0.3, -0.25) is 4.79 Å². The number of hydrogen-bond donors (Lipinski definition) is 1. The molecule has 1 aliphatic heterocycles. The molecular weight excluding hydrogens is 386 g/mol. The largest absolute Gasteiger partial charge is 0.434 e. The molecule has 1 unspecified atom stereocenters. The molecule has 1 aromatic heterocycles. The first-order chi connectivity index (χ1) is 13.8. The Morgan fingerprint density at radius 1 is 1.38 bits per heavy atom. The van der Waals surface area contributed by atoms with Gasteiger partial charge < -0.3 is 19.7 Å². The van der Waals surface area contributed by atoms with Crippen molar-refractivity contribution in [3.63, 3.8) is 0 Å². The van der Waals surface area contributed by atoms with E-state index >= 15 is 0 Å². The second kappa shape index (κ2) is 7.91. The van der Waals surface area contributed by atoms with Gasteiger partial charge in [-0.25, -0.2) is 4.98 Å². The van der Waals surface area contributed by atoms with Crippen molar-refractivity contribution in [1.29, 1.82) is 0 Å². The van der Waals surface area contributed by atoms with Gasteiger partial charge in [0.1, 0.15) is 10.6 Å². The minimum atomic E-state index is -0.590. The van der Waals surface area contributed by atoms with Crippen molar-refractivity contribution in [2.45, 2.75) is 77.9 Å². The van der Waals surface area contributed by atoms with Crippen molar-refractivity contribution in [2.75, 3.05) is 6.54 Å². The monoisotopic (exact) mass is 419 g/mol. The number of fused-ring (bicyclic) bond motifs is 2. The van der Waals surface area contributed by atoms with Crippen LogP contribution in [0.15, 0.2) is 18.5 Å². The summed E-state index contributed by atoms with van der Waals surface area (Å²) < 4.78 is 11.9. The van der Waals surface area contributed by atoms with Crippen LogP contribution >= 0.6 is 11.3 Å². The maximum absolute atomic E-state index is 12.5. The van der Waals surface area contributed by atoms with Crippen molar-refractivity contribution in [1.82, 2.24) is 15.2 Å². The molecule has 2 bridgehead atoms. The van der Waals surface area contributed by atoms with E-state index in [1.807, 2.05) is 13.8 Å². The van der Waals surface area contributed by atoms with Gasteiger partial charge in [0.15, 0.2) is 0 Å². The fraction of sp³-hybridized carbons (Fsp3) is 0.727. The highest BCUT2D eigenvalue weighted by molar-refractivity contribution is 7.15. The topological polar surface area (TPSA) is 63.7 Å². The van der Waals surface area contributed by atoms with Gasteiger partial charge in [0.05, 0.1) is 11.9 Å². The third-order valence-corrected chi connectivity index (χ3v) is 7.67. The molecule has 0 aromatic carbocycles. The first-order valence-electron chi connectivity index (χ1n) is 10.8. The van der Waals surface area contributed by atoms with E-state index < -0.39 is 12.0 Å². The lowest BCUT2D eigenvalue weighted by Crippen LogP contribution is -2.42. The van der Waals surface area contributed by atoms with Crippen LogP contribution in [0.3, 0.4) is 0 Å². The Morgan fingerprint density at radius 2 is 2.03 bits per heavy atom. The summed E-state index contributed by atoms with van der Waals surface area (Å²) >= 11 is 1.25. The average molecular weight is 420 g/mol. The molecule has 2 aliphatic carbocycles. The van der Waals surface area contributed by atoms with Crippen LogP contribution in [0.1, 0.15) is 69.5 Å². The lowest BCUT2D eigenvalue weighted by Gasteiger charge is -2.34. The van der Waals surface area contributed by atoms with Crippen LogP contribution in [0.5, 0.6) is 5.19 Å². The fourth-order valence-electron chi connectivity index (χ4n) is 5.70. The van der Waals surface area contributed by atoms with Gasteiger partial charge in [-0.15, -0.1) is 0 Å². The summed E-state index contributed by atoms with van der Waals surface area (Å²) in [6, 6.07) is 0.249. The molecule has 1 aromatic rings. The van der Waals surface area contributed by atoms with E-state index in [0.29, 0.717) is 10.1 Å².